The van der Waals surface area contributed by atoms with Crippen LogP contribution in [-0.2, 0) is 19.2 Å². The lowest BCUT2D eigenvalue weighted by Crippen LogP contribution is -2.53. The Hall–Kier alpha value is -2.17. The molecule has 34 heavy (non-hydrogen) atoms. The SMILES string of the molecule is CCC(C)NC(C(=O)NCC(=O)N[C@@H](CCCCNC(=O)C(F)(F)F)C(=O)C(C)C)[C@@H](C)CC. The Morgan fingerprint density at radius 1 is 0.882 bits per heavy atom. The van der Waals surface area contributed by atoms with Crippen molar-refractivity contribution in [3.05, 3.63) is 0 Å². The zero-order valence-electron chi connectivity index (χ0n) is 21.1. The number of nitrogens with one attached hydrogen (secondary N) is 4. The van der Waals surface area contributed by atoms with Gasteiger partial charge in [0.25, 0.3) is 0 Å². The van der Waals surface area contributed by atoms with Crippen LogP contribution < -0.4 is 21.3 Å². The largest absolute Gasteiger partial charge is 0.471 e. The summed E-state index contributed by atoms with van der Waals surface area (Å²) in [5.74, 6) is -3.34. The molecule has 3 amide bonds. The second-order valence-corrected chi connectivity index (χ2v) is 8.98. The summed E-state index contributed by atoms with van der Waals surface area (Å²) in [5, 5.41) is 10.3. The van der Waals surface area contributed by atoms with Crippen molar-refractivity contribution in [3.63, 3.8) is 0 Å². The third kappa shape index (κ3) is 12.3. The standard InChI is InChI=1S/C23H41F3N4O4/c1-7-15(5)19(29-16(6)8-2)21(33)28-13-18(31)30-17(20(32)14(3)4)11-9-10-12-27-22(34)23(24,25)26/h14-17,19,29H,7-13H2,1-6H3,(H,27,34)(H,28,33)(H,30,31)/t15-,16?,17-,19?/m0/s1. The van der Waals surface area contributed by atoms with Crippen LogP contribution in [0.4, 0.5) is 13.2 Å². The van der Waals surface area contributed by atoms with Gasteiger partial charge >= 0.3 is 12.1 Å². The van der Waals surface area contributed by atoms with Crippen molar-refractivity contribution >= 4 is 23.5 Å². The maximum atomic E-state index is 12.7. The van der Waals surface area contributed by atoms with Crippen LogP contribution in [0, 0.1) is 11.8 Å². The molecule has 0 heterocycles. The van der Waals surface area contributed by atoms with E-state index in [0.29, 0.717) is 6.42 Å². The van der Waals surface area contributed by atoms with E-state index in [9.17, 15) is 32.3 Å². The first kappa shape index (κ1) is 31.8. The van der Waals surface area contributed by atoms with Gasteiger partial charge in [-0.2, -0.15) is 13.2 Å². The lowest BCUT2D eigenvalue weighted by atomic mass is 9.96. The minimum absolute atomic E-state index is 0.0603. The maximum Gasteiger partial charge on any atom is 0.471 e. The van der Waals surface area contributed by atoms with Crippen molar-refractivity contribution in [1.82, 2.24) is 21.3 Å². The Morgan fingerprint density at radius 3 is 2.00 bits per heavy atom. The van der Waals surface area contributed by atoms with E-state index in [-0.39, 0.29) is 55.5 Å². The van der Waals surface area contributed by atoms with Gasteiger partial charge in [0.05, 0.1) is 18.6 Å². The van der Waals surface area contributed by atoms with E-state index in [2.05, 4.69) is 16.0 Å². The van der Waals surface area contributed by atoms with Crippen molar-refractivity contribution in [2.45, 2.75) is 97.9 Å². The monoisotopic (exact) mass is 494 g/mol. The van der Waals surface area contributed by atoms with Crippen LogP contribution in [0.3, 0.4) is 0 Å². The summed E-state index contributed by atoms with van der Waals surface area (Å²) >= 11 is 0. The molecule has 0 rings (SSSR count). The van der Waals surface area contributed by atoms with Crippen LogP contribution >= 0.6 is 0 Å². The number of halogens is 3. The van der Waals surface area contributed by atoms with Crippen molar-refractivity contribution in [1.29, 1.82) is 0 Å². The minimum Gasteiger partial charge on any atom is -0.348 e. The quantitative estimate of drug-likeness (QED) is 0.246. The van der Waals surface area contributed by atoms with E-state index in [1.165, 1.54) is 0 Å². The number of Topliss-reactive ketones (excluding diaryl/α,β-unsaturated/α-hetero) is 1. The van der Waals surface area contributed by atoms with Gasteiger partial charge in [0.15, 0.2) is 5.78 Å². The molecule has 0 bridgehead atoms. The number of ketones is 1. The average Bonchev–Trinajstić information content (AvgIpc) is 2.77. The highest BCUT2D eigenvalue weighted by Gasteiger charge is 2.38. The fourth-order valence-corrected chi connectivity index (χ4v) is 3.14. The number of amides is 3. The van der Waals surface area contributed by atoms with Crippen LogP contribution in [-0.4, -0.2) is 60.9 Å². The van der Waals surface area contributed by atoms with Crippen LogP contribution in [0.15, 0.2) is 0 Å². The Morgan fingerprint density at radius 2 is 1.50 bits per heavy atom. The molecular weight excluding hydrogens is 453 g/mol. The molecule has 0 aromatic heterocycles. The van der Waals surface area contributed by atoms with Gasteiger partial charge < -0.3 is 21.3 Å². The van der Waals surface area contributed by atoms with Gasteiger partial charge in [0.1, 0.15) is 0 Å². The topological polar surface area (TPSA) is 116 Å². The smallest absolute Gasteiger partial charge is 0.348 e. The number of hydrogen-bond acceptors (Lipinski definition) is 5. The molecular formula is C23H41F3N4O4. The number of carbonyl (C=O) groups excluding carboxylic acids is 4. The fraction of sp³-hybridized carbons (Fsp3) is 0.826. The molecule has 0 aliphatic heterocycles. The van der Waals surface area contributed by atoms with Crippen LogP contribution in [0.25, 0.3) is 0 Å². The number of alkyl halides is 3. The van der Waals surface area contributed by atoms with Gasteiger partial charge in [-0.3, -0.25) is 19.2 Å². The Labute approximate surface area is 200 Å². The number of carbonyl (C=O) groups is 4. The molecule has 0 fully saturated rings. The fourth-order valence-electron chi connectivity index (χ4n) is 3.14. The van der Waals surface area contributed by atoms with E-state index in [1.54, 1.807) is 19.2 Å². The van der Waals surface area contributed by atoms with Gasteiger partial charge in [-0.25, -0.2) is 0 Å². The first-order valence-electron chi connectivity index (χ1n) is 12.0. The number of unbranched alkanes of at least 4 members (excludes halogenated alkanes) is 1. The van der Waals surface area contributed by atoms with Crippen LogP contribution in [0.5, 0.6) is 0 Å². The summed E-state index contributed by atoms with van der Waals surface area (Å²) in [6.07, 6.45) is -2.56. The Balaban J connectivity index is 4.80. The zero-order chi connectivity index (χ0) is 26.5. The zero-order valence-corrected chi connectivity index (χ0v) is 21.1. The summed E-state index contributed by atoms with van der Waals surface area (Å²) in [5.41, 5.74) is 0. The van der Waals surface area contributed by atoms with E-state index >= 15 is 0 Å². The highest BCUT2D eigenvalue weighted by atomic mass is 19.4. The average molecular weight is 495 g/mol. The highest BCUT2D eigenvalue weighted by molar-refractivity contribution is 5.92. The van der Waals surface area contributed by atoms with Crippen LogP contribution in [0.1, 0.15) is 73.6 Å². The minimum atomic E-state index is -4.94. The lowest BCUT2D eigenvalue weighted by Gasteiger charge is -2.27. The van der Waals surface area contributed by atoms with Gasteiger partial charge in [-0.15, -0.1) is 0 Å². The first-order valence-corrected chi connectivity index (χ1v) is 12.0. The van der Waals surface area contributed by atoms with E-state index < -0.39 is 30.1 Å². The lowest BCUT2D eigenvalue weighted by molar-refractivity contribution is -0.173. The molecule has 0 aromatic carbocycles. The van der Waals surface area contributed by atoms with Crippen molar-refractivity contribution in [2.24, 2.45) is 11.8 Å². The highest BCUT2D eigenvalue weighted by Crippen LogP contribution is 2.14. The molecule has 0 saturated carbocycles. The molecule has 0 radical (unpaired) electrons. The Kier molecular flexibility index (Phi) is 14.7. The predicted molar refractivity (Wildman–Crippen MR) is 124 cm³/mol. The van der Waals surface area contributed by atoms with Crippen molar-refractivity contribution in [2.75, 3.05) is 13.1 Å². The molecule has 4 N–H and O–H groups in total. The second-order valence-electron chi connectivity index (χ2n) is 8.98. The van der Waals surface area contributed by atoms with Crippen molar-refractivity contribution in [3.8, 4) is 0 Å². The summed E-state index contributed by atoms with van der Waals surface area (Å²) in [7, 11) is 0. The molecule has 2 unspecified atom stereocenters. The van der Waals surface area contributed by atoms with Gasteiger partial charge in [0, 0.05) is 18.5 Å². The summed E-state index contributed by atoms with van der Waals surface area (Å²) in [6, 6.07) is -1.15. The number of rotatable bonds is 16. The molecule has 0 aromatic rings. The molecule has 8 nitrogen and oxygen atoms in total. The van der Waals surface area contributed by atoms with Crippen LogP contribution in [0.2, 0.25) is 0 Å². The molecule has 198 valence electrons. The third-order valence-corrected chi connectivity index (χ3v) is 5.71. The molecule has 11 heteroatoms. The predicted octanol–water partition coefficient (Wildman–Crippen LogP) is 2.46. The van der Waals surface area contributed by atoms with Gasteiger partial charge in [0.2, 0.25) is 11.8 Å². The van der Waals surface area contributed by atoms with E-state index in [1.807, 2.05) is 27.7 Å². The molecule has 4 atom stereocenters. The normalized spacial score (nSPS) is 15.2. The van der Waals surface area contributed by atoms with E-state index in [4.69, 9.17) is 0 Å². The first-order chi connectivity index (χ1) is 15.7. The summed E-state index contributed by atoms with van der Waals surface area (Å²) < 4.78 is 36.6. The third-order valence-electron chi connectivity index (χ3n) is 5.71. The maximum absolute atomic E-state index is 12.7. The van der Waals surface area contributed by atoms with Gasteiger partial charge in [-0.1, -0.05) is 41.0 Å². The second kappa shape index (κ2) is 15.7. The summed E-state index contributed by atoms with van der Waals surface area (Å²) in [6.45, 7) is 10.8. The molecule has 0 aliphatic rings. The van der Waals surface area contributed by atoms with Gasteiger partial charge in [-0.05, 0) is 38.5 Å². The van der Waals surface area contributed by atoms with Crippen molar-refractivity contribution < 1.29 is 32.3 Å². The summed E-state index contributed by atoms with van der Waals surface area (Å²) in [4.78, 5) is 48.4. The van der Waals surface area contributed by atoms with E-state index in [0.717, 1.165) is 12.8 Å². The molecule has 0 spiro atoms. The molecule has 0 saturated heterocycles. The number of hydrogen-bond donors (Lipinski definition) is 4. The Bertz CT molecular complexity index is 671. The molecule has 0 aliphatic carbocycles.